The third kappa shape index (κ3) is 1.79. The summed E-state index contributed by atoms with van der Waals surface area (Å²) in [5.41, 5.74) is 2.44. The Kier molecular flexibility index (Phi) is 2.71. The van der Waals surface area contributed by atoms with Gasteiger partial charge in [-0.05, 0) is 22.6 Å². The Labute approximate surface area is 116 Å². The molecular formula is C11H6ClIN4. The van der Waals surface area contributed by atoms with Crippen LogP contribution in [0.3, 0.4) is 0 Å². The number of hydrogen-bond acceptors (Lipinski definition) is 3. The number of aromatic amines is 1. The van der Waals surface area contributed by atoms with Crippen molar-refractivity contribution in [3.8, 4) is 11.3 Å². The zero-order chi connectivity index (χ0) is 11.8. The van der Waals surface area contributed by atoms with Gasteiger partial charge in [-0.15, -0.1) is 10.2 Å². The zero-order valence-corrected chi connectivity index (χ0v) is 11.4. The summed E-state index contributed by atoms with van der Waals surface area (Å²) in [5, 5.41) is 16.4. The maximum Gasteiger partial charge on any atom is 0.204 e. The molecule has 17 heavy (non-hydrogen) atoms. The van der Waals surface area contributed by atoms with Gasteiger partial charge in [0.05, 0.1) is 16.1 Å². The van der Waals surface area contributed by atoms with E-state index in [1.807, 2.05) is 30.3 Å². The van der Waals surface area contributed by atoms with Crippen LogP contribution >= 0.6 is 34.2 Å². The lowest BCUT2D eigenvalue weighted by atomic mass is 10.1. The van der Waals surface area contributed by atoms with Crippen molar-refractivity contribution in [3.63, 3.8) is 0 Å². The second-order valence-corrected chi connectivity index (χ2v) is 4.87. The summed E-state index contributed by atoms with van der Waals surface area (Å²) >= 11 is 8.31. The molecule has 0 aliphatic heterocycles. The van der Waals surface area contributed by atoms with Crippen molar-refractivity contribution in [1.29, 1.82) is 0 Å². The fourth-order valence-corrected chi connectivity index (χ4v) is 2.26. The maximum atomic E-state index is 6.25. The van der Waals surface area contributed by atoms with Gasteiger partial charge in [-0.1, -0.05) is 41.9 Å². The van der Waals surface area contributed by atoms with Crippen LogP contribution in [0.4, 0.5) is 0 Å². The molecule has 1 aromatic carbocycles. The van der Waals surface area contributed by atoms with Gasteiger partial charge < -0.3 is 0 Å². The average molecular weight is 357 g/mol. The van der Waals surface area contributed by atoms with E-state index >= 15 is 0 Å². The van der Waals surface area contributed by atoms with Crippen LogP contribution in [0.25, 0.3) is 22.3 Å². The number of nitrogens with one attached hydrogen (secondary N) is 1. The summed E-state index contributed by atoms with van der Waals surface area (Å²) in [4.78, 5) is 0. The number of nitrogens with zero attached hydrogens (tertiary/aromatic N) is 3. The highest BCUT2D eigenvalue weighted by atomic mass is 127. The molecule has 6 heteroatoms. The second kappa shape index (κ2) is 4.23. The molecule has 1 N–H and O–H groups in total. The van der Waals surface area contributed by atoms with Crippen molar-refractivity contribution in [3.05, 3.63) is 39.1 Å². The second-order valence-electron chi connectivity index (χ2n) is 3.47. The van der Waals surface area contributed by atoms with Crippen molar-refractivity contribution >= 4 is 45.2 Å². The first-order chi connectivity index (χ1) is 8.27. The highest BCUT2D eigenvalue weighted by Crippen LogP contribution is 2.32. The average Bonchev–Trinajstić information content (AvgIpc) is 2.79. The molecule has 0 unspecified atom stereocenters. The van der Waals surface area contributed by atoms with Crippen LogP contribution in [0.15, 0.2) is 30.3 Å². The quantitative estimate of drug-likeness (QED) is 0.681. The Morgan fingerprint density at radius 2 is 1.88 bits per heavy atom. The number of rotatable bonds is 1. The zero-order valence-electron chi connectivity index (χ0n) is 8.48. The number of H-pyrrole nitrogens is 1. The summed E-state index contributed by atoms with van der Waals surface area (Å²) in [5.74, 6) is 0. The van der Waals surface area contributed by atoms with Crippen LogP contribution in [-0.4, -0.2) is 20.4 Å². The Hall–Kier alpha value is -1.21. The SMILES string of the molecule is Clc1c(I)nnc2n[nH]c(-c3ccccc3)c12. The first-order valence-electron chi connectivity index (χ1n) is 4.88. The van der Waals surface area contributed by atoms with Crippen molar-refractivity contribution in [2.45, 2.75) is 0 Å². The summed E-state index contributed by atoms with van der Waals surface area (Å²) in [6, 6.07) is 9.89. The van der Waals surface area contributed by atoms with Gasteiger partial charge in [-0.25, -0.2) is 0 Å². The number of fused-ring (bicyclic) bond motifs is 1. The minimum absolute atomic E-state index is 0.536. The summed E-state index contributed by atoms with van der Waals surface area (Å²) < 4.78 is 0.676. The van der Waals surface area contributed by atoms with E-state index in [2.05, 4.69) is 43.0 Å². The third-order valence-corrected chi connectivity index (χ3v) is 3.88. The van der Waals surface area contributed by atoms with E-state index in [0.29, 0.717) is 14.4 Å². The van der Waals surface area contributed by atoms with E-state index in [0.717, 1.165) is 16.6 Å². The molecule has 0 saturated heterocycles. The molecular weight excluding hydrogens is 351 g/mol. The fraction of sp³-hybridized carbons (Fsp3) is 0. The molecule has 0 atom stereocenters. The molecule has 0 spiro atoms. The van der Waals surface area contributed by atoms with E-state index in [1.165, 1.54) is 0 Å². The van der Waals surface area contributed by atoms with E-state index in [-0.39, 0.29) is 0 Å². The third-order valence-electron chi connectivity index (χ3n) is 2.44. The van der Waals surface area contributed by atoms with Crippen LogP contribution in [0.5, 0.6) is 0 Å². The lowest BCUT2D eigenvalue weighted by molar-refractivity contribution is 1.00. The Morgan fingerprint density at radius 1 is 1.12 bits per heavy atom. The Morgan fingerprint density at radius 3 is 2.65 bits per heavy atom. The topological polar surface area (TPSA) is 54.5 Å². The molecule has 2 aromatic heterocycles. The molecule has 0 saturated carbocycles. The van der Waals surface area contributed by atoms with Gasteiger partial charge in [-0.2, -0.15) is 5.10 Å². The van der Waals surface area contributed by atoms with Gasteiger partial charge in [0.2, 0.25) is 5.65 Å². The molecule has 0 fully saturated rings. The Balaban J connectivity index is 2.35. The fourth-order valence-electron chi connectivity index (χ4n) is 1.66. The lowest BCUT2D eigenvalue weighted by Crippen LogP contribution is -1.89. The van der Waals surface area contributed by atoms with E-state index < -0.39 is 0 Å². The van der Waals surface area contributed by atoms with Crippen molar-refractivity contribution in [2.24, 2.45) is 0 Å². The number of halogens is 2. The van der Waals surface area contributed by atoms with Crippen LogP contribution in [0, 0.1) is 3.70 Å². The summed E-state index contributed by atoms with van der Waals surface area (Å²) in [6.45, 7) is 0. The number of aromatic nitrogens is 4. The van der Waals surface area contributed by atoms with Gasteiger partial charge in [0, 0.05) is 5.56 Å². The van der Waals surface area contributed by atoms with Crippen LogP contribution in [-0.2, 0) is 0 Å². The van der Waals surface area contributed by atoms with Gasteiger partial charge in [0.1, 0.15) is 3.70 Å². The van der Waals surface area contributed by atoms with Gasteiger partial charge in [0.15, 0.2) is 0 Å². The lowest BCUT2D eigenvalue weighted by Gasteiger charge is -2.00. The van der Waals surface area contributed by atoms with Crippen molar-refractivity contribution < 1.29 is 0 Å². The highest BCUT2D eigenvalue weighted by molar-refractivity contribution is 14.1. The van der Waals surface area contributed by atoms with Crippen molar-refractivity contribution in [1.82, 2.24) is 20.4 Å². The van der Waals surface area contributed by atoms with Crippen LogP contribution in [0.1, 0.15) is 0 Å². The summed E-state index contributed by atoms with van der Waals surface area (Å²) in [6.07, 6.45) is 0. The van der Waals surface area contributed by atoms with Gasteiger partial charge in [-0.3, -0.25) is 5.10 Å². The molecule has 2 heterocycles. The minimum Gasteiger partial charge on any atom is -0.275 e. The highest BCUT2D eigenvalue weighted by Gasteiger charge is 2.14. The largest absolute Gasteiger partial charge is 0.275 e. The van der Waals surface area contributed by atoms with Gasteiger partial charge in [0.25, 0.3) is 0 Å². The first kappa shape index (κ1) is 10.9. The molecule has 0 bridgehead atoms. The molecule has 84 valence electrons. The molecule has 0 aliphatic rings. The molecule has 0 amide bonds. The van der Waals surface area contributed by atoms with E-state index in [4.69, 9.17) is 11.6 Å². The van der Waals surface area contributed by atoms with E-state index in [9.17, 15) is 0 Å². The first-order valence-corrected chi connectivity index (χ1v) is 6.34. The number of benzene rings is 1. The van der Waals surface area contributed by atoms with Crippen LogP contribution in [0.2, 0.25) is 5.02 Å². The minimum atomic E-state index is 0.536. The Bertz CT molecular complexity index is 681. The molecule has 0 radical (unpaired) electrons. The smallest absolute Gasteiger partial charge is 0.204 e. The monoisotopic (exact) mass is 356 g/mol. The normalized spacial score (nSPS) is 10.9. The molecule has 0 aliphatic carbocycles. The predicted octanol–water partition coefficient (Wildman–Crippen LogP) is 3.28. The standard InChI is InChI=1S/C11H6ClIN4/c12-8-7-9(6-4-2-1-3-5-6)14-16-11(7)17-15-10(8)13/h1-5H,(H,14,16,17). The predicted molar refractivity (Wildman–Crippen MR) is 74.8 cm³/mol. The van der Waals surface area contributed by atoms with Crippen molar-refractivity contribution in [2.75, 3.05) is 0 Å². The number of hydrogen-bond donors (Lipinski definition) is 1. The molecule has 3 aromatic rings. The van der Waals surface area contributed by atoms with E-state index in [1.54, 1.807) is 0 Å². The molecule has 4 nitrogen and oxygen atoms in total. The summed E-state index contributed by atoms with van der Waals surface area (Å²) in [7, 11) is 0. The maximum absolute atomic E-state index is 6.25. The molecule has 3 rings (SSSR count). The van der Waals surface area contributed by atoms with Gasteiger partial charge >= 0.3 is 0 Å². The van der Waals surface area contributed by atoms with Crippen LogP contribution < -0.4 is 0 Å².